The van der Waals surface area contributed by atoms with Gasteiger partial charge in [0.1, 0.15) is 11.4 Å². The minimum atomic E-state index is -1.25. The molecule has 0 unspecified atom stereocenters. The molecule has 0 heterocycles. The highest BCUT2D eigenvalue weighted by Gasteiger charge is 2.10. The van der Waals surface area contributed by atoms with Gasteiger partial charge in [0.05, 0.1) is 4.47 Å². The molecule has 1 aromatic rings. The predicted octanol–water partition coefficient (Wildman–Crippen LogP) is 1.94. The number of aliphatic carboxylic acids is 1. The van der Waals surface area contributed by atoms with Crippen molar-refractivity contribution in [2.24, 2.45) is 0 Å². The van der Waals surface area contributed by atoms with Crippen molar-refractivity contribution in [3.05, 3.63) is 33.9 Å². The molecule has 0 saturated carbocycles. The van der Waals surface area contributed by atoms with Gasteiger partial charge in [-0.15, -0.1) is 0 Å². The minimum Gasteiger partial charge on any atom is -0.477 e. The Hall–Kier alpha value is -2.15. The van der Waals surface area contributed by atoms with Crippen molar-refractivity contribution in [2.75, 3.05) is 0 Å². The number of rotatable bonds is 4. The fourth-order valence-electron chi connectivity index (χ4n) is 1.35. The van der Waals surface area contributed by atoms with Crippen LogP contribution >= 0.6 is 15.9 Å². The topological polar surface area (TPSA) is 92.7 Å². The number of hydrogen-bond acceptors (Lipinski definition) is 4. The zero-order chi connectivity index (χ0) is 15.3. The Labute approximate surface area is 123 Å². The van der Waals surface area contributed by atoms with Crippen molar-refractivity contribution in [3.63, 3.8) is 0 Å². The number of carbonyl (C=O) groups excluding carboxylic acids is 2. The van der Waals surface area contributed by atoms with Gasteiger partial charge in [-0.05, 0) is 39.7 Å². The molecule has 0 bridgehead atoms. The molecule has 0 aromatic heterocycles. The summed E-state index contributed by atoms with van der Waals surface area (Å²) in [4.78, 5) is 32.7. The maximum atomic E-state index is 11.0. The summed E-state index contributed by atoms with van der Waals surface area (Å²) in [5, 5.41) is 11.2. The summed E-state index contributed by atoms with van der Waals surface area (Å²) in [6, 6.07) is 4.65. The van der Waals surface area contributed by atoms with E-state index in [0.29, 0.717) is 15.8 Å². The van der Waals surface area contributed by atoms with Crippen molar-refractivity contribution in [1.29, 1.82) is 0 Å². The van der Waals surface area contributed by atoms with Crippen LogP contribution in [0.4, 0.5) is 0 Å². The lowest BCUT2D eigenvalue weighted by Crippen LogP contribution is -2.24. The number of carboxylic acids is 1. The van der Waals surface area contributed by atoms with Crippen molar-refractivity contribution >= 4 is 39.9 Å². The molecule has 0 spiro atoms. The van der Waals surface area contributed by atoms with Gasteiger partial charge >= 0.3 is 11.9 Å². The number of hydrogen-bond donors (Lipinski definition) is 2. The first kappa shape index (κ1) is 15.9. The summed E-state index contributed by atoms with van der Waals surface area (Å²) in [5.41, 5.74) is 0.281. The van der Waals surface area contributed by atoms with Gasteiger partial charge in [-0.2, -0.15) is 0 Å². The summed E-state index contributed by atoms with van der Waals surface area (Å²) in [6.45, 7) is 2.50. The van der Waals surface area contributed by atoms with E-state index in [1.165, 1.54) is 26.0 Å². The molecule has 20 heavy (non-hydrogen) atoms. The monoisotopic (exact) mass is 341 g/mol. The summed E-state index contributed by atoms with van der Waals surface area (Å²) >= 11 is 3.21. The van der Waals surface area contributed by atoms with Gasteiger partial charge in [0.25, 0.3) is 0 Å². The maximum absolute atomic E-state index is 11.0. The van der Waals surface area contributed by atoms with E-state index in [9.17, 15) is 14.4 Å². The molecular weight excluding hydrogens is 330 g/mol. The summed E-state index contributed by atoms with van der Waals surface area (Å²) < 4.78 is 5.42. The number of amides is 1. The third-order valence-corrected chi connectivity index (χ3v) is 2.68. The van der Waals surface area contributed by atoms with E-state index in [-0.39, 0.29) is 5.70 Å². The molecule has 0 aliphatic rings. The average Bonchev–Trinajstić information content (AvgIpc) is 2.30. The third kappa shape index (κ3) is 4.85. The number of nitrogens with one attached hydrogen (secondary N) is 1. The lowest BCUT2D eigenvalue weighted by Gasteiger charge is -2.06. The molecule has 0 atom stereocenters. The van der Waals surface area contributed by atoms with Crippen LogP contribution < -0.4 is 10.1 Å². The molecule has 7 heteroatoms. The van der Waals surface area contributed by atoms with Crippen LogP contribution in [0.25, 0.3) is 6.08 Å². The Morgan fingerprint density at radius 3 is 2.40 bits per heavy atom. The average molecular weight is 342 g/mol. The summed E-state index contributed by atoms with van der Waals surface area (Å²) in [6.07, 6.45) is 1.30. The number of benzene rings is 1. The van der Waals surface area contributed by atoms with E-state index < -0.39 is 17.8 Å². The van der Waals surface area contributed by atoms with E-state index >= 15 is 0 Å². The number of carbonyl (C=O) groups is 3. The number of halogens is 1. The normalized spacial score (nSPS) is 10.8. The van der Waals surface area contributed by atoms with Crippen LogP contribution in [0.1, 0.15) is 19.4 Å². The van der Waals surface area contributed by atoms with Gasteiger partial charge in [0.15, 0.2) is 0 Å². The summed E-state index contributed by atoms with van der Waals surface area (Å²) in [7, 11) is 0. The van der Waals surface area contributed by atoms with E-state index in [2.05, 4.69) is 21.2 Å². The smallest absolute Gasteiger partial charge is 0.352 e. The van der Waals surface area contributed by atoms with Crippen molar-refractivity contribution < 1.29 is 24.2 Å². The van der Waals surface area contributed by atoms with Crippen LogP contribution in [-0.2, 0) is 14.4 Å². The van der Waals surface area contributed by atoms with Gasteiger partial charge in [-0.3, -0.25) is 9.59 Å². The molecule has 0 fully saturated rings. The van der Waals surface area contributed by atoms with Crippen molar-refractivity contribution in [3.8, 4) is 5.75 Å². The largest absolute Gasteiger partial charge is 0.477 e. The molecule has 106 valence electrons. The quantitative estimate of drug-likeness (QED) is 0.496. The Balaban J connectivity index is 3.07. The highest BCUT2D eigenvalue weighted by molar-refractivity contribution is 9.10. The molecule has 2 N–H and O–H groups in total. The molecule has 0 aliphatic carbocycles. The van der Waals surface area contributed by atoms with E-state index in [0.717, 1.165) is 0 Å². The minimum absolute atomic E-state index is 0.246. The van der Waals surface area contributed by atoms with Crippen LogP contribution in [0.5, 0.6) is 5.75 Å². The molecular formula is C13H12BrNO5. The van der Waals surface area contributed by atoms with Gasteiger partial charge in [-0.1, -0.05) is 6.07 Å². The molecule has 1 aromatic carbocycles. The highest BCUT2D eigenvalue weighted by Crippen LogP contribution is 2.27. The Morgan fingerprint density at radius 1 is 1.30 bits per heavy atom. The van der Waals surface area contributed by atoms with Crippen LogP contribution in [-0.4, -0.2) is 23.0 Å². The predicted molar refractivity (Wildman–Crippen MR) is 74.9 cm³/mol. The van der Waals surface area contributed by atoms with Crippen molar-refractivity contribution in [1.82, 2.24) is 5.32 Å². The van der Waals surface area contributed by atoms with Crippen LogP contribution in [0.2, 0.25) is 0 Å². The Kier molecular flexibility index (Phi) is 5.45. The number of carboxylic acid groups (broad SMARTS) is 1. The van der Waals surface area contributed by atoms with E-state index in [1.807, 2.05) is 0 Å². The zero-order valence-electron chi connectivity index (χ0n) is 10.8. The fourth-order valence-corrected chi connectivity index (χ4v) is 1.83. The van der Waals surface area contributed by atoms with Crippen LogP contribution in [0, 0.1) is 0 Å². The standard InChI is InChI=1S/C13H12BrNO5/c1-7(16)15-11(13(18)19)6-9-3-4-12(10(14)5-9)20-8(2)17/h3-6H,1-2H3,(H,15,16)(H,18,19). The lowest BCUT2D eigenvalue weighted by molar-refractivity contribution is -0.134. The van der Waals surface area contributed by atoms with Gasteiger partial charge < -0.3 is 15.2 Å². The molecule has 0 aliphatic heterocycles. The van der Waals surface area contributed by atoms with Gasteiger partial charge in [-0.25, -0.2) is 4.79 Å². The van der Waals surface area contributed by atoms with E-state index in [4.69, 9.17) is 9.84 Å². The van der Waals surface area contributed by atoms with E-state index in [1.54, 1.807) is 12.1 Å². The second-order valence-corrected chi connectivity index (χ2v) is 4.68. The molecule has 1 rings (SSSR count). The first-order valence-electron chi connectivity index (χ1n) is 5.50. The van der Waals surface area contributed by atoms with Crippen LogP contribution in [0.15, 0.2) is 28.4 Å². The number of esters is 1. The Morgan fingerprint density at radius 2 is 1.95 bits per heavy atom. The molecule has 1 amide bonds. The first-order valence-corrected chi connectivity index (χ1v) is 6.29. The summed E-state index contributed by atoms with van der Waals surface area (Å²) in [5.74, 6) is -1.86. The molecule has 0 radical (unpaired) electrons. The zero-order valence-corrected chi connectivity index (χ0v) is 12.4. The lowest BCUT2D eigenvalue weighted by atomic mass is 10.2. The second-order valence-electron chi connectivity index (χ2n) is 3.83. The van der Waals surface area contributed by atoms with Gasteiger partial charge in [0, 0.05) is 13.8 Å². The highest BCUT2D eigenvalue weighted by atomic mass is 79.9. The Bertz CT molecular complexity index is 594. The molecule has 0 saturated heterocycles. The van der Waals surface area contributed by atoms with Crippen LogP contribution in [0.3, 0.4) is 0 Å². The first-order chi connectivity index (χ1) is 9.29. The fraction of sp³-hybridized carbons (Fsp3) is 0.154. The third-order valence-electron chi connectivity index (χ3n) is 2.06. The molecule has 6 nitrogen and oxygen atoms in total. The van der Waals surface area contributed by atoms with Gasteiger partial charge in [0.2, 0.25) is 5.91 Å². The SMILES string of the molecule is CC(=O)NC(=Cc1ccc(OC(C)=O)c(Br)c1)C(=O)O. The number of ether oxygens (including phenoxy) is 1. The second kappa shape index (κ2) is 6.85. The maximum Gasteiger partial charge on any atom is 0.352 e. The van der Waals surface area contributed by atoms with Crippen molar-refractivity contribution in [2.45, 2.75) is 13.8 Å².